The van der Waals surface area contributed by atoms with Gasteiger partial charge in [-0.3, -0.25) is 9.59 Å². The summed E-state index contributed by atoms with van der Waals surface area (Å²) in [4.78, 5) is 25.1. The van der Waals surface area contributed by atoms with Gasteiger partial charge >= 0.3 is 0 Å². The Hall–Kier alpha value is -1.84. The van der Waals surface area contributed by atoms with Crippen molar-refractivity contribution in [2.75, 3.05) is 0 Å². The minimum Gasteiger partial charge on any atom is -0.352 e. The van der Waals surface area contributed by atoms with Gasteiger partial charge in [-0.15, -0.1) is 0 Å². The minimum absolute atomic E-state index is 0.0239. The number of benzene rings is 1. The Morgan fingerprint density at radius 3 is 2.16 bits per heavy atom. The number of hydrogen-bond acceptors (Lipinski definition) is 2. The lowest BCUT2D eigenvalue weighted by Gasteiger charge is -2.24. The summed E-state index contributed by atoms with van der Waals surface area (Å²) in [5.74, 6) is 0.406. The van der Waals surface area contributed by atoms with Crippen LogP contribution < -0.4 is 10.6 Å². The van der Waals surface area contributed by atoms with Crippen LogP contribution in [0.25, 0.3) is 0 Å². The fourth-order valence-corrected chi connectivity index (χ4v) is 2.82. The first-order valence-electron chi connectivity index (χ1n) is 9.39. The molecule has 2 unspecified atom stereocenters. The second-order valence-electron chi connectivity index (χ2n) is 7.74. The maximum absolute atomic E-state index is 12.6. The number of hydrogen-bond donors (Lipinski definition) is 2. The van der Waals surface area contributed by atoms with Crippen molar-refractivity contribution in [2.24, 2.45) is 11.8 Å². The van der Waals surface area contributed by atoms with Crippen molar-refractivity contribution in [2.45, 2.75) is 72.9 Å². The molecule has 4 nitrogen and oxygen atoms in total. The van der Waals surface area contributed by atoms with E-state index >= 15 is 0 Å². The van der Waals surface area contributed by atoms with Gasteiger partial charge in [0, 0.05) is 11.6 Å². The van der Waals surface area contributed by atoms with Gasteiger partial charge < -0.3 is 10.6 Å². The maximum atomic E-state index is 12.6. The first-order valence-corrected chi connectivity index (χ1v) is 9.39. The molecule has 25 heavy (non-hydrogen) atoms. The second-order valence-corrected chi connectivity index (χ2v) is 7.74. The number of rotatable bonds is 9. The summed E-state index contributed by atoms with van der Waals surface area (Å²) in [5, 5.41) is 5.95. The Morgan fingerprint density at radius 1 is 0.960 bits per heavy atom. The van der Waals surface area contributed by atoms with Crippen LogP contribution in [0, 0.1) is 18.8 Å². The highest BCUT2D eigenvalue weighted by Gasteiger charge is 2.26. The van der Waals surface area contributed by atoms with E-state index in [1.54, 1.807) is 6.07 Å². The predicted octanol–water partition coefficient (Wildman–Crippen LogP) is 4.08. The molecule has 0 heterocycles. The zero-order chi connectivity index (χ0) is 19.0. The SMILES string of the molecule is Cc1ccccc1C(=O)NC(C(=O)NC(C)CCCC(C)C)C(C)C. The van der Waals surface area contributed by atoms with Crippen molar-refractivity contribution >= 4 is 11.8 Å². The molecule has 0 aliphatic carbocycles. The van der Waals surface area contributed by atoms with Gasteiger partial charge in [0.1, 0.15) is 6.04 Å². The van der Waals surface area contributed by atoms with Crippen LogP contribution in [0.1, 0.15) is 69.8 Å². The number of carbonyl (C=O) groups is 2. The lowest BCUT2D eigenvalue weighted by atomic mass is 10.0. The van der Waals surface area contributed by atoms with Gasteiger partial charge in [-0.1, -0.05) is 58.7 Å². The number of carbonyl (C=O) groups excluding carboxylic acids is 2. The van der Waals surface area contributed by atoms with Gasteiger partial charge in [-0.25, -0.2) is 0 Å². The molecule has 2 N–H and O–H groups in total. The van der Waals surface area contributed by atoms with E-state index < -0.39 is 6.04 Å². The molecule has 0 saturated carbocycles. The van der Waals surface area contributed by atoms with Crippen molar-refractivity contribution in [3.63, 3.8) is 0 Å². The smallest absolute Gasteiger partial charge is 0.252 e. The van der Waals surface area contributed by atoms with Crippen molar-refractivity contribution in [3.05, 3.63) is 35.4 Å². The summed E-state index contributed by atoms with van der Waals surface area (Å²) in [6, 6.07) is 7.01. The topological polar surface area (TPSA) is 58.2 Å². The summed E-state index contributed by atoms with van der Waals surface area (Å²) in [6.07, 6.45) is 3.22. The molecular weight excluding hydrogens is 312 g/mol. The van der Waals surface area contributed by atoms with Crippen LogP contribution in [0.2, 0.25) is 0 Å². The number of aryl methyl sites for hydroxylation is 1. The standard InChI is InChI=1S/C21H34N2O2/c1-14(2)10-9-12-17(6)22-21(25)19(15(3)4)23-20(24)18-13-8-7-11-16(18)5/h7-8,11,13-15,17,19H,9-10,12H2,1-6H3,(H,22,25)(H,23,24). The Labute approximate surface area is 152 Å². The highest BCUT2D eigenvalue weighted by atomic mass is 16.2. The van der Waals surface area contributed by atoms with E-state index in [1.807, 2.05) is 45.9 Å². The van der Waals surface area contributed by atoms with Gasteiger partial charge in [-0.05, 0) is 43.7 Å². The molecule has 2 atom stereocenters. The molecular formula is C21H34N2O2. The van der Waals surface area contributed by atoms with Crippen LogP contribution in [0.5, 0.6) is 0 Å². The molecule has 0 aromatic heterocycles. The van der Waals surface area contributed by atoms with Gasteiger partial charge in [0.25, 0.3) is 5.91 Å². The second kappa shape index (κ2) is 10.2. The number of amides is 2. The Morgan fingerprint density at radius 2 is 1.60 bits per heavy atom. The molecule has 0 bridgehead atoms. The van der Waals surface area contributed by atoms with Gasteiger partial charge in [0.05, 0.1) is 0 Å². The minimum atomic E-state index is -0.528. The third kappa shape index (κ3) is 7.29. The molecule has 4 heteroatoms. The molecule has 0 aliphatic rings. The first-order chi connectivity index (χ1) is 11.7. The Bertz CT molecular complexity index is 567. The molecule has 0 saturated heterocycles. The molecule has 1 aromatic carbocycles. The van der Waals surface area contributed by atoms with E-state index in [0.717, 1.165) is 24.8 Å². The average Bonchev–Trinajstić information content (AvgIpc) is 2.51. The van der Waals surface area contributed by atoms with Crippen molar-refractivity contribution in [1.82, 2.24) is 10.6 Å². The van der Waals surface area contributed by atoms with Gasteiger partial charge in [0.2, 0.25) is 5.91 Å². The molecule has 1 rings (SSSR count). The largest absolute Gasteiger partial charge is 0.352 e. The molecule has 0 radical (unpaired) electrons. The van der Waals surface area contributed by atoms with E-state index in [0.29, 0.717) is 11.5 Å². The predicted molar refractivity (Wildman–Crippen MR) is 104 cm³/mol. The highest BCUT2D eigenvalue weighted by molar-refractivity contribution is 5.98. The molecule has 2 amide bonds. The summed E-state index contributed by atoms with van der Waals surface area (Å²) >= 11 is 0. The van der Waals surface area contributed by atoms with Crippen LogP contribution in [-0.2, 0) is 4.79 Å². The van der Waals surface area contributed by atoms with E-state index in [-0.39, 0.29) is 23.8 Å². The summed E-state index contributed by atoms with van der Waals surface area (Å²) in [5.41, 5.74) is 1.52. The van der Waals surface area contributed by atoms with Crippen LogP contribution in [0.15, 0.2) is 24.3 Å². The fraction of sp³-hybridized carbons (Fsp3) is 0.619. The molecule has 1 aromatic rings. The third-order valence-corrected chi connectivity index (χ3v) is 4.43. The quantitative estimate of drug-likeness (QED) is 0.708. The monoisotopic (exact) mass is 346 g/mol. The van der Waals surface area contributed by atoms with Crippen molar-refractivity contribution in [1.29, 1.82) is 0 Å². The number of nitrogens with one attached hydrogen (secondary N) is 2. The van der Waals surface area contributed by atoms with E-state index in [2.05, 4.69) is 24.5 Å². The van der Waals surface area contributed by atoms with Crippen LogP contribution in [-0.4, -0.2) is 23.9 Å². The molecule has 140 valence electrons. The van der Waals surface area contributed by atoms with Crippen molar-refractivity contribution in [3.8, 4) is 0 Å². The van der Waals surface area contributed by atoms with Crippen molar-refractivity contribution < 1.29 is 9.59 Å². The first kappa shape index (κ1) is 21.2. The lowest BCUT2D eigenvalue weighted by molar-refractivity contribution is -0.124. The maximum Gasteiger partial charge on any atom is 0.252 e. The highest BCUT2D eigenvalue weighted by Crippen LogP contribution is 2.11. The molecule has 0 fully saturated rings. The van der Waals surface area contributed by atoms with Crippen LogP contribution in [0.3, 0.4) is 0 Å². The normalized spacial score (nSPS) is 13.6. The summed E-state index contributed by atoms with van der Waals surface area (Å²) in [7, 11) is 0. The third-order valence-electron chi connectivity index (χ3n) is 4.43. The summed E-state index contributed by atoms with van der Waals surface area (Å²) < 4.78 is 0. The Balaban J connectivity index is 2.65. The fourth-order valence-electron chi connectivity index (χ4n) is 2.82. The van der Waals surface area contributed by atoms with E-state index in [9.17, 15) is 9.59 Å². The van der Waals surface area contributed by atoms with E-state index in [1.165, 1.54) is 0 Å². The van der Waals surface area contributed by atoms with Gasteiger partial charge in [0.15, 0.2) is 0 Å². The average molecular weight is 347 g/mol. The zero-order valence-corrected chi connectivity index (χ0v) is 16.6. The molecule has 0 aliphatic heterocycles. The van der Waals surface area contributed by atoms with Crippen LogP contribution >= 0.6 is 0 Å². The Kier molecular flexibility index (Phi) is 8.67. The summed E-state index contributed by atoms with van der Waals surface area (Å²) in [6.45, 7) is 12.2. The molecule has 0 spiro atoms. The lowest BCUT2D eigenvalue weighted by Crippen LogP contribution is -2.51. The zero-order valence-electron chi connectivity index (χ0n) is 16.6. The van der Waals surface area contributed by atoms with Gasteiger partial charge in [-0.2, -0.15) is 0 Å². The van der Waals surface area contributed by atoms with Crippen LogP contribution in [0.4, 0.5) is 0 Å². The van der Waals surface area contributed by atoms with E-state index in [4.69, 9.17) is 0 Å².